The van der Waals surface area contributed by atoms with E-state index in [0.717, 1.165) is 53.8 Å². The number of alkyl carbamates (subject to hydrolysis) is 1. The second-order valence-electron chi connectivity index (χ2n) is 10.9. The number of nitrogens with one attached hydrogen (secondary N) is 2. The summed E-state index contributed by atoms with van der Waals surface area (Å²) in [6, 6.07) is 11.4. The third-order valence-corrected chi connectivity index (χ3v) is 7.10. The van der Waals surface area contributed by atoms with Crippen LogP contribution < -0.4 is 15.4 Å². The molecule has 2 aromatic rings. The molecule has 3 amide bonds. The lowest BCUT2D eigenvalue weighted by molar-refractivity contribution is -0.121. The van der Waals surface area contributed by atoms with Crippen molar-refractivity contribution in [3.05, 3.63) is 58.7 Å². The van der Waals surface area contributed by atoms with Crippen LogP contribution >= 0.6 is 0 Å². The first-order valence-electron chi connectivity index (χ1n) is 12.9. The maximum absolute atomic E-state index is 13.2. The Kier molecular flexibility index (Phi) is 7.76. The fourth-order valence-electron chi connectivity index (χ4n) is 5.15. The summed E-state index contributed by atoms with van der Waals surface area (Å²) in [7, 11) is 1.62. The number of ether oxygens (including phenoxy) is 2. The monoisotopic (exact) mass is 507 g/mol. The summed E-state index contributed by atoms with van der Waals surface area (Å²) in [5.41, 5.74) is 3.74. The average Bonchev–Trinajstić information content (AvgIpc) is 3.20. The lowest BCUT2D eigenvalue weighted by atomic mass is 9.84. The zero-order valence-corrected chi connectivity index (χ0v) is 22.3. The number of methoxy groups -OCH3 is 1. The van der Waals surface area contributed by atoms with Gasteiger partial charge in [-0.25, -0.2) is 4.79 Å². The van der Waals surface area contributed by atoms with Gasteiger partial charge in [0.2, 0.25) is 5.91 Å². The summed E-state index contributed by atoms with van der Waals surface area (Å²) in [6.07, 6.45) is 2.53. The van der Waals surface area contributed by atoms with E-state index in [9.17, 15) is 14.4 Å². The first-order valence-corrected chi connectivity index (χ1v) is 12.9. The van der Waals surface area contributed by atoms with Crippen LogP contribution in [0.25, 0.3) is 0 Å². The molecule has 0 atom stereocenters. The van der Waals surface area contributed by atoms with E-state index in [2.05, 4.69) is 10.6 Å². The molecule has 2 aliphatic rings. The second kappa shape index (κ2) is 10.8. The van der Waals surface area contributed by atoms with E-state index < -0.39 is 11.7 Å². The Balaban J connectivity index is 1.33. The van der Waals surface area contributed by atoms with Crippen molar-refractivity contribution in [2.24, 2.45) is 5.92 Å². The number of aryl methyl sites for hydroxylation is 1. The quantitative estimate of drug-likeness (QED) is 0.562. The molecule has 1 heterocycles. The number of hydrogen-bond donors (Lipinski definition) is 2. The van der Waals surface area contributed by atoms with Crippen molar-refractivity contribution < 1.29 is 23.9 Å². The van der Waals surface area contributed by atoms with Crippen molar-refractivity contribution in [2.75, 3.05) is 12.4 Å². The van der Waals surface area contributed by atoms with Gasteiger partial charge in [-0.05, 0) is 82.2 Å². The molecule has 8 nitrogen and oxygen atoms in total. The number of amides is 3. The average molecular weight is 508 g/mol. The molecule has 1 aliphatic carbocycles. The van der Waals surface area contributed by atoms with Crippen LogP contribution in [-0.2, 0) is 22.6 Å². The summed E-state index contributed by atoms with van der Waals surface area (Å²) >= 11 is 0. The van der Waals surface area contributed by atoms with Gasteiger partial charge in [0.25, 0.3) is 5.91 Å². The number of rotatable bonds is 6. The topological polar surface area (TPSA) is 97.0 Å². The minimum atomic E-state index is -0.571. The van der Waals surface area contributed by atoms with E-state index in [0.29, 0.717) is 18.7 Å². The number of carbonyl (C=O) groups excluding carboxylic acids is 3. The minimum Gasteiger partial charge on any atom is -0.496 e. The second-order valence-corrected chi connectivity index (χ2v) is 10.9. The van der Waals surface area contributed by atoms with Gasteiger partial charge in [0.1, 0.15) is 11.4 Å². The molecule has 1 saturated carbocycles. The molecule has 0 unspecified atom stereocenters. The molecular weight excluding hydrogens is 470 g/mol. The fourth-order valence-corrected chi connectivity index (χ4v) is 5.15. The van der Waals surface area contributed by atoms with Crippen molar-refractivity contribution in [2.45, 2.75) is 78.1 Å². The van der Waals surface area contributed by atoms with Crippen molar-refractivity contribution in [1.82, 2.24) is 10.2 Å². The summed E-state index contributed by atoms with van der Waals surface area (Å²) < 4.78 is 10.7. The van der Waals surface area contributed by atoms with Gasteiger partial charge in [-0.3, -0.25) is 9.59 Å². The first kappa shape index (κ1) is 26.5. The van der Waals surface area contributed by atoms with Crippen LogP contribution in [0.4, 0.5) is 10.5 Å². The van der Waals surface area contributed by atoms with Crippen LogP contribution in [0.1, 0.15) is 73.5 Å². The number of hydrogen-bond acceptors (Lipinski definition) is 5. The summed E-state index contributed by atoms with van der Waals surface area (Å²) in [5, 5.41) is 5.82. The highest BCUT2D eigenvalue weighted by Crippen LogP contribution is 2.35. The van der Waals surface area contributed by atoms with Gasteiger partial charge in [0.05, 0.1) is 7.11 Å². The number of anilines is 1. The number of nitrogens with zero attached hydrogens (tertiary/aromatic N) is 1. The molecular formula is C29H37N3O5. The van der Waals surface area contributed by atoms with Gasteiger partial charge in [-0.1, -0.05) is 18.2 Å². The lowest BCUT2D eigenvalue weighted by Gasteiger charge is -2.34. The highest BCUT2D eigenvalue weighted by molar-refractivity contribution is 5.99. The molecule has 37 heavy (non-hydrogen) atoms. The largest absolute Gasteiger partial charge is 0.496 e. The van der Waals surface area contributed by atoms with E-state index in [4.69, 9.17) is 9.47 Å². The molecule has 198 valence electrons. The highest BCUT2D eigenvalue weighted by atomic mass is 16.6. The molecule has 1 aliphatic heterocycles. The Morgan fingerprint density at radius 1 is 1.08 bits per heavy atom. The third-order valence-electron chi connectivity index (χ3n) is 7.10. The normalized spacial score (nSPS) is 19.3. The van der Waals surface area contributed by atoms with Crippen molar-refractivity contribution in [1.29, 1.82) is 0 Å². The van der Waals surface area contributed by atoms with E-state index in [1.54, 1.807) is 7.11 Å². The summed E-state index contributed by atoms with van der Waals surface area (Å²) in [4.78, 5) is 40.2. The van der Waals surface area contributed by atoms with Crippen LogP contribution in [-0.4, -0.2) is 41.6 Å². The fraction of sp³-hybridized carbons (Fsp3) is 0.483. The molecule has 0 aromatic heterocycles. The third kappa shape index (κ3) is 6.24. The van der Waals surface area contributed by atoms with Crippen molar-refractivity contribution >= 4 is 23.6 Å². The smallest absolute Gasteiger partial charge is 0.407 e. The highest BCUT2D eigenvalue weighted by Gasteiger charge is 2.37. The molecule has 2 aromatic carbocycles. The molecule has 0 bridgehead atoms. The van der Waals surface area contributed by atoms with Crippen LogP contribution in [0.15, 0.2) is 36.4 Å². The molecule has 8 heteroatoms. The van der Waals surface area contributed by atoms with Gasteiger partial charge < -0.3 is 25.0 Å². The van der Waals surface area contributed by atoms with E-state index in [1.165, 1.54) is 0 Å². The van der Waals surface area contributed by atoms with Crippen LogP contribution in [0.2, 0.25) is 0 Å². The van der Waals surface area contributed by atoms with Gasteiger partial charge in [0.15, 0.2) is 0 Å². The Morgan fingerprint density at radius 3 is 2.49 bits per heavy atom. The van der Waals surface area contributed by atoms with Crippen molar-refractivity contribution in [3.8, 4) is 5.75 Å². The first-order chi connectivity index (χ1) is 17.6. The van der Waals surface area contributed by atoms with Crippen LogP contribution in [0, 0.1) is 12.8 Å². The summed E-state index contributed by atoms with van der Waals surface area (Å²) in [5.74, 6) is 0.691. The zero-order chi connectivity index (χ0) is 26.7. The van der Waals surface area contributed by atoms with Crippen LogP contribution in [0.3, 0.4) is 0 Å². The number of fused-ring (bicyclic) bond motifs is 1. The van der Waals surface area contributed by atoms with Gasteiger partial charge in [-0.15, -0.1) is 0 Å². The van der Waals surface area contributed by atoms with Crippen molar-refractivity contribution in [3.63, 3.8) is 0 Å². The summed E-state index contributed by atoms with van der Waals surface area (Å²) in [6.45, 7) is 8.25. The predicted molar refractivity (Wildman–Crippen MR) is 141 cm³/mol. The maximum atomic E-state index is 13.2. The Hall–Kier alpha value is -3.55. The van der Waals surface area contributed by atoms with Crippen LogP contribution in [0.5, 0.6) is 5.75 Å². The lowest BCUT2D eigenvalue weighted by Crippen LogP contribution is -2.40. The number of benzene rings is 2. The number of carbonyl (C=O) groups is 3. The predicted octanol–water partition coefficient (Wildman–Crippen LogP) is 5.18. The zero-order valence-electron chi connectivity index (χ0n) is 22.3. The van der Waals surface area contributed by atoms with Gasteiger partial charge in [-0.2, -0.15) is 0 Å². The standard InChI is InChI=1S/C29H37N3O5/c1-18-9-12-21(15-25(18)36-5)31-26(33)19-10-13-22(14-11-19)32-17-24-20(7-6-8-23(24)27(32)34)16-30-28(35)37-29(2,3)4/h6-9,12,15,19,22H,10-11,13-14,16-17H2,1-5H3,(H,30,35)(H,31,33). The maximum Gasteiger partial charge on any atom is 0.407 e. The molecule has 0 radical (unpaired) electrons. The Bertz CT molecular complexity index is 1180. The van der Waals surface area contributed by atoms with E-state index in [-0.39, 0.29) is 23.8 Å². The Morgan fingerprint density at radius 2 is 1.81 bits per heavy atom. The molecule has 4 rings (SSSR count). The minimum absolute atomic E-state index is 0.0101. The molecule has 0 saturated heterocycles. The van der Waals surface area contributed by atoms with Gasteiger partial charge in [0, 0.05) is 42.4 Å². The Labute approximate surface area is 218 Å². The SMILES string of the molecule is COc1cc(NC(=O)C2CCC(N3Cc4c(CNC(=O)OC(C)(C)C)cccc4C3=O)CC2)ccc1C. The van der Waals surface area contributed by atoms with E-state index >= 15 is 0 Å². The molecule has 0 spiro atoms. The molecule has 1 fully saturated rings. The van der Waals surface area contributed by atoms with Gasteiger partial charge >= 0.3 is 6.09 Å². The molecule has 2 N–H and O–H groups in total. The van der Waals surface area contributed by atoms with E-state index in [1.807, 2.05) is 69.0 Å².